The van der Waals surface area contributed by atoms with E-state index in [0.717, 1.165) is 8.66 Å². The van der Waals surface area contributed by atoms with Gasteiger partial charge in [0.25, 0.3) is 5.91 Å². The molecule has 1 amide bonds. The molecule has 0 radical (unpaired) electrons. The minimum absolute atomic E-state index is 0.0472. The van der Waals surface area contributed by atoms with Crippen LogP contribution in [0.2, 0.25) is 0 Å². The van der Waals surface area contributed by atoms with Crippen molar-refractivity contribution in [1.82, 2.24) is 0 Å². The standard InChI is InChI=1S/C14H8BrFN2OS/c15-13-6-5-10(20-13)7-9(8-17)14(19)18-12-4-2-1-3-11(12)16/h1-7H,(H,18,19)/b9-7-. The number of hydrogen-bond donors (Lipinski definition) is 1. The van der Waals surface area contributed by atoms with Crippen molar-refractivity contribution in [2.45, 2.75) is 0 Å². The van der Waals surface area contributed by atoms with Crippen LogP contribution in [0.25, 0.3) is 6.08 Å². The van der Waals surface area contributed by atoms with Gasteiger partial charge in [0.1, 0.15) is 17.5 Å². The molecule has 0 saturated heterocycles. The molecule has 0 aliphatic rings. The van der Waals surface area contributed by atoms with Gasteiger partial charge in [-0.15, -0.1) is 11.3 Å². The monoisotopic (exact) mass is 350 g/mol. The Morgan fingerprint density at radius 3 is 2.70 bits per heavy atom. The number of carbonyl (C=O) groups excluding carboxylic acids is 1. The van der Waals surface area contributed by atoms with Crippen LogP contribution in [0.5, 0.6) is 0 Å². The van der Waals surface area contributed by atoms with E-state index < -0.39 is 11.7 Å². The summed E-state index contributed by atoms with van der Waals surface area (Å²) in [6.07, 6.45) is 1.46. The van der Waals surface area contributed by atoms with Crippen LogP contribution in [0, 0.1) is 17.1 Å². The van der Waals surface area contributed by atoms with Gasteiger partial charge in [0, 0.05) is 4.88 Å². The number of anilines is 1. The normalized spacial score (nSPS) is 10.9. The second-order valence-electron chi connectivity index (χ2n) is 3.75. The number of nitrogens with zero attached hydrogens (tertiary/aromatic N) is 1. The molecule has 0 aliphatic carbocycles. The molecule has 0 aliphatic heterocycles. The number of carbonyl (C=O) groups is 1. The third kappa shape index (κ3) is 3.53. The van der Waals surface area contributed by atoms with Crippen LogP contribution in [0.3, 0.4) is 0 Å². The Kier molecular flexibility index (Phi) is 4.66. The molecule has 1 aromatic heterocycles. The molecule has 2 rings (SSSR count). The zero-order valence-corrected chi connectivity index (χ0v) is 12.5. The summed E-state index contributed by atoms with van der Waals surface area (Å²) in [5, 5.41) is 11.4. The first-order valence-corrected chi connectivity index (χ1v) is 7.14. The summed E-state index contributed by atoms with van der Waals surface area (Å²) in [6, 6.07) is 11.2. The van der Waals surface area contributed by atoms with Gasteiger partial charge in [-0.3, -0.25) is 4.79 Å². The van der Waals surface area contributed by atoms with Gasteiger partial charge < -0.3 is 5.32 Å². The first kappa shape index (κ1) is 14.4. The van der Waals surface area contributed by atoms with Gasteiger partial charge in [-0.2, -0.15) is 5.26 Å². The molecule has 20 heavy (non-hydrogen) atoms. The van der Waals surface area contributed by atoms with Crippen LogP contribution in [-0.2, 0) is 4.79 Å². The molecule has 2 aromatic rings. The molecule has 0 saturated carbocycles. The summed E-state index contributed by atoms with van der Waals surface area (Å²) in [4.78, 5) is 12.7. The summed E-state index contributed by atoms with van der Waals surface area (Å²) in [7, 11) is 0. The molecule has 0 fully saturated rings. The molecule has 0 spiro atoms. The Balaban J connectivity index is 2.21. The third-order valence-electron chi connectivity index (χ3n) is 2.37. The highest BCUT2D eigenvalue weighted by Crippen LogP contribution is 2.24. The molecule has 1 N–H and O–H groups in total. The van der Waals surface area contributed by atoms with E-state index in [2.05, 4.69) is 21.2 Å². The number of para-hydroxylation sites is 1. The summed E-state index contributed by atoms with van der Waals surface area (Å²) >= 11 is 4.69. The average Bonchev–Trinajstić information content (AvgIpc) is 2.84. The molecule has 3 nitrogen and oxygen atoms in total. The predicted octanol–water partition coefficient (Wildman–Crippen LogP) is 4.20. The maximum atomic E-state index is 13.4. The first-order valence-electron chi connectivity index (χ1n) is 5.53. The SMILES string of the molecule is N#C/C(=C/c1ccc(Br)s1)C(=O)Nc1ccccc1F. The fraction of sp³-hybridized carbons (Fsp3) is 0. The van der Waals surface area contributed by atoms with E-state index >= 15 is 0 Å². The molecule has 100 valence electrons. The number of halogens is 2. The predicted molar refractivity (Wildman–Crippen MR) is 80.6 cm³/mol. The van der Waals surface area contributed by atoms with Crippen LogP contribution in [0.1, 0.15) is 4.88 Å². The van der Waals surface area contributed by atoms with Gasteiger partial charge >= 0.3 is 0 Å². The van der Waals surface area contributed by atoms with Crippen LogP contribution in [0.4, 0.5) is 10.1 Å². The van der Waals surface area contributed by atoms with Gasteiger partial charge in [-0.25, -0.2) is 4.39 Å². The molecule has 1 heterocycles. The average molecular weight is 351 g/mol. The Labute approximate surface area is 127 Å². The Morgan fingerprint density at radius 1 is 1.35 bits per heavy atom. The molecular weight excluding hydrogens is 343 g/mol. The van der Waals surface area contributed by atoms with E-state index in [1.54, 1.807) is 12.1 Å². The summed E-state index contributed by atoms with van der Waals surface area (Å²) < 4.78 is 14.3. The Morgan fingerprint density at radius 2 is 2.10 bits per heavy atom. The highest BCUT2D eigenvalue weighted by molar-refractivity contribution is 9.11. The van der Waals surface area contributed by atoms with Crippen molar-refractivity contribution in [1.29, 1.82) is 5.26 Å². The number of thiophene rings is 1. The zero-order valence-electron chi connectivity index (χ0n) is 10.1. The molecule has 0 atom stereocenters. The number of rotatable bonds is 3. The van der Waals surface area contributed by atoms with Gasteiger partial charge in [-0.05, 0) is 46.3 Å². The topological polar surface area (TPSA) is 52.9 Å². The Bertz CT molecular complexity index is 718. The van der Waals surface area contributed by atoms with E-state index in [9.17, 15) is 9.18 Å². The van der Waals surface area contributed by atoms with Crippen molar-refractivity contribution in [2.75, 3.05) is 5.32 Å². The van der Waals surface area contributed by atoms with Crippen molar-refractivity contribution in [3.8, 4) is 6.07 Å². The van der Waals surface area contributed by atoms with E-state index in [0.29, 0.717) is 0 Å². The van der Waals surface area contributed by atoms with E-state index in [-0.39, 0.29) is 11.3 Å². The minimum Gasteiger partial charge on any atom is -0.319 e. The van der Waals surface area contributed by atoms with Gasteiger partial charge in [-0.1, -0.05) is 12.1 Å². The largest absolute Gasteiger partial charge is 0.319 e. The number of amides is 1. The maximum absolute atomic E-state index is 13.4. The maximum Gasteiger partial charge on any atom is 0.266 e. The lowest BCUT2D eigenvalue weighted by atomic mass is 10.2. The highest BCUT2D eigenvalue weighted by atomic mass is 79.9. The lowest BCUT2D eigenvalue weighted by molar-refractivity contribution is -0.112. The second kappa shape index (κ2) is 6.46. The minimum atomic E-state index is -0.637. The first-order chi connectivity index (χ1) is 9.60. The van der Waals surface area contributed by atoms with Crippen molar-refractivity contribution in [3.63, 3.8) is 0 Å². The molecule has 0 unspecified atom stereocenters. The van der Waals surface area contributed by atoms with E-state index in [4.69, 9.17) is 5.26 Å². The molecular formula is C14H8BrFN2OS. The van der Waals surface area contributed by atoms with Gasteiger partial charge in [0.05, 0.1) is 9.47 Å². The third-order valence-corrected chi connectivity index (χ3v) is 3.94. The number of nitrogens with one attached hydrogen (secondary N) is 1. The van der Waals surface area contributed by atoms with Gasteiger partial charge in [0.15, 0.2) is 0 Å². The zero-order chi connectivity index (χ0) is 14.5. The number of nitriles is 1. The Hall–Kier alpha value is -1.97. The molecule has 6 heteroatoms. The van der Waals surface area contributed by atoms with Crippen molar-refractivity contribution in [3.05, 3.63) is 56.5 Å². The highest BCUT2D eigenvalue weighted by Gasteiger charge is 2.12. The van der Waals surface area contributed by atoms with Crippen LogP contribution < -0.4 is 5.32 Å². The van der Waals surface area contributed by atoms with Gasteiger partial charge in [0.2, 0.25) is 0 Å². The van der Waals surface area contributed by atoms with Crippen molar-refractivity contribution in [2.24, 2.45) is 0 Å². The lowest BCUT2D eigenvalue weighted by Crippen LogP contribution is -2.14. The number of hydrogen-bond acceptors (Lipinski definition) is 3. The van der Waals surface area contributed by atoms with Crippen LogP contribution in [-0.4, -0.2) is 5.91 Å². The van der Waals surface area contributed by atoms with Crippen LogP contribution >= 0.6 is 27.3 Å². The molecule has 1 aromatic carbocycles. The molecule has 0 bridgehead atoms. The number of benzene rings is 1. The summed E-state index contributed by atoms with van der Waals surface area (Å²) in [5.74, 6) is -1.18. The summed E-state index contributed by atoms with van der Waals surface area (Å²) in [6.45, 7) is 0. The van der Waals surface area contributed by atoms with E-state index in [1.807, 2.05) is 12.1 Å². The fourth-order valence-electron chi connectivity index (χ4n) is 1.45. The summed E-state index contributed by atoms with van der Waals surface area (Å²) in [5.41, 5.74) is -0.0337. The smallest absolute Gasteiger partial charge is 0.266 e. The van der Waals surface area contributed by atoms with Crippen LogP contribution in [0.15, 0.2) is 45.8 Å². The lowest BCUT2D eigenvalue weighted by Gasteiger charge is -2.04. The quantitative estimate of drug-likeness (QED) is 0.666. The second-order valence-corrected chi connectivity index (χ2v) is 6.24. The van der Waals surface area contributed by atoms with Crippen molar-refractivity contribution < 1.29 is 9.18 Å². The van der Waals surface area contributed by atoms with Crippen molar-refractivity contribution >= 4 is 44.9 Å². The van der Waals surface area contributed by atoms with E-state index in [1.165, 1.54) is 35.6 Å². The fourth-order valence-corrected chi connectivity index (χ4v) is 2.82.